The van der Waals surface area contributed by atoms with Gasteiger partial charge in [-0.05, 0) is 24.8 Å². The predicted molar refractivity (Wildman–Crippen MR) is 108 cm³/mol. The molecule has 0 saturated heterocycles. The first-order valence-corrected chi connectivity index (χ1v) is 9.43. The molecule has 0 saturated carbocycles. The van der Waals surface area contributed by atoms with Gasteiger partial charge in [-0.2, -0.15) is 0 Å². The molecule has 0 unspecified atom stereocenters. The number of hydrogen-bond donors (Lipinski definition) is 0. The van der Waals surface area contributed by atoms with Gasteiger partial charge in [-0.1, -0.05) is 45.0 Å². The van der Waals surface area contributed by atoms with Crippen LogP contribution >= 0.6 is 0 Å². The zero-order valence-electron chi connectivity index (χ0n) is 17.2. The summed E-state index contributed by atoms with van der Waals surface area (Å²) in [6.07, 6.45) is 1.25. The number of carbonyl (C=O) groups is 2. The molecule has 0 spiro atoms. The lowest BCUT2D eigenvalue weighted by atomic mass is 9.86. The molecule has 0 N–H and O–H groups in total. The highest BCUT2D eigenvalue weighted by molar-refractivity contribution is 6.03. The fourth-order valence-electron chi connectivity index (χ4n) is 3.10. The number of aryl methyl sites for hydroxylation is 1. The lowest BCUT2D eigenvalue weighted by Gasteiger charge is -2.19. The van der Waals surface area contributed by atoms with E-state index in [0.717, 1.165) is 5.56 Å². The van der Waals surface area contributed by atoms with Crippen LogP contribution in [0, 0.1) is 6.92 Å². The number of hydrogen-bond acceptors (Lipinski definition) is 6. The minimum atomic E-state index is -0.649. The van der Waals surface area contributed by atoms with Crippen LogP contribution in [-0.4, -0.2) is 27.9 Å². The van der Waals surface area contributed by atoms with E-state index in [2.05, 4.69) is 25.8 Å². The van der Waals surface area contributed by atoms with Crippen LogP contribution in [0.2, 0.25) is 0 Å². The molecule has 0 fully saturated rings. The monoisotopic (exact) mass is 396 g/mol. The van der Waals surface area contributed by atoms with Crippen LogP contribution in [0.5, 0.6) is 0 Å². The van der Waals surface area contributed by atoms with Gasteiger partial charge in [0.05, 0.1) is 13.2 Å². The molecule has 29 heavy (non-hydrogen) atoms. The molecule has 2 aromatic heterocycles. The molecule has 0 aliphatic heterocycles. The van der Waals surface area contributed by atoms with Crippen LogP contribution in [-0.2, 0) is 16.7 Å². The fraction of sp³-hybridized carbons (Fsp3) is 0.364. The van der Waals surface area contributed by atoms with E-state index in [4.69, 9.17) is 9.15 Å². The first-order valence-electron chi connectivity index (χ1n) is 9.43. The summed E-state index contributed by atoms with van der Waals surface area (Å²) in [4.78, 5) is 41.9. The van der Waals surface area contributed by atoms with E-state index in [9.17, 15) is 14.4 Å². The van der Waals surface area contributed by atoms with Crippen molar-refractivity contribution >= 4 is 22.9 Å². The smallest absolute Gasteiger partial charge is 0.342 e. The summed E-state index contributed by atoms with van der Waals surface area (Å²) in [6.45, 7) is 9.51. The zero-order chi connectivity index (χ0) is 21.3. The van der Waals surface area contributed by atoms with Gasteiger partial charge in [-0.15, -0.1) is 0 Å². The lowest BCUT2D eigenvalue weighted by Crippen LogP contribution is -2.25. The van der Waals surface area contributed by atoms with Gasteiger partial charge in [0.1, 0.15) is 23.0 Å². The Morgan fingerprint density at radius 2 is 1.83 bits per heavy atom. The molecule has 3 aromatic rings. The van der Waals surface area contributed by atoms with Gasteiger partial charge in [0.25, 0.3) is 5.56 Å². The number of aromatic nitrogens is 2. The maximum atomic E-state index is 12.9. The first-order chi connectivity index (χ1) is 13.6. The molecule has 0 atom stereocenters. The van der Waals surface area contributed by atoms with Crippen LogP contribution < -0.4 is 5.56 Å². The van der Waals surface area contributed by atoms with Crippen molar-refractivity contribution in [2.45, 2.75) is 46.6 Å². The third-order valence-corrected chi connectivity index (χ3v) is 4.72. The predicted octanol–water partition coefficient (Wildman–Crippen LogP) is 3.66. The van der Waals surface area contributed by atoms with E-state index in [1.807, 2.05) is 12.1 Å². The van der Waals surface area contributed by atoms with Gasteiger partial charge in [0, 0.05) is 5.56 Å². The maximum absolute atomic E-state index is 12.9. The molecule has 0 amide bonds. The number of Topliss-reactive ketones (excluding diaryl/α,β-unsaturated/α-hetero) is 1. The standard InChI is InChI=1S/C22H24N2O5/c1-6-28-21(27)17-13(2)29-19-18(17)20(26)24(12-23-19)11-16(25)14-7-9-15(10-8-14)22(3,4)5/h7-10,12H,6,11H2,1-5H3. The quantitative estimate of drug-likeness (QED) is 0.483. The van der Waals surface area contributed by atoms with Crippen molar-refractivity contribution < 1.29 is 18.7 Å². The summed E-state index contributed by atoms with van der Waals surface area (Å²) in [7, 11) is 0. The van der Waals surface area contributed by atoms with Gasteiger partial charge in [-0.25, -0.2) is 9.78 Å². The average Bonchev–Trinajstić information content (AvgIpc) is 3.00. The molecular formula is C22H24N2O5. The fourth-order valence-corrected chi connectivity index (χ4v) is 3.10. The highest BCUT2D eigenvalue weighted by atomic mass is 16.5. The largest absolute Gasteiger partial charge is 0.462 e. The van der Waals surface area contributed by atoms with E-state index in [1.54, 1.807) is 26.0 Å². The summed E-state index contributed by atoms with van der Waals surface area (Å²) in [6, 6.07) is 7.34. The Balaban J connectivity index is 1.95. The second-order valence-corrected chi connectivity index (χ2v) is 7.86. The molecule has 0 aliphatic carbocycles. The molecule has 0 bridgehead atoms. The number of ketones is 1. The van der Waals surface area contributed by atoms with Crippen molar-refractivity contribution in [3.05, 3.63) is 63.4 Å². The summed E-state index contributed by atoms with van der Waals surface area (Å²) in [5.41, 5.74) is 1.18. The van der Waals surface area contributed by atoms with Crippen molar-refractivity contribution in [1.29, 1.82) is 0 Å². The van der Waals surface area contributed by atoms with Gasteiger partial charge in [0.2, 0.25) is 5.71 Å². The van der Waals surface area contributed by atoms with E-state index >= 15 is 0 Å². The Labute approximate surface area is 168 Å². The summed E-state index contributed by atoms with van der Waals surface area (Å²) >= 11 is 0. The third-order valence-electron chi connectivity index (χ3n) is 4.72. The number of fused-ring (bicyclic) bond motifs is 1. The highest BCUT2D eigenvalue weighted by Crippen LogP contribution is 2.23. The zero-order valence-corrected chi connectivity index (χ0v) is 17.2. The van der Waals surface area contributed by atoms with Crippen LogP contribution in [0.3, 0.4) is 0 Å². The topological polar surface area (TPSA) is 91.4 Å². The van der Waals surface area contributed by atoms with Crippen molar-refractivity contribution in [3.63, 3.8) is 0 Å². The number of carbonyl (C=O) groups excluding carboxylic acids is 2. The Kier molecular flexibility index (Phi) is 5.42. The molecule has 152 valence electrons. The lowest BCUT2D eigenvalue weighted by molar-refractivity contribution is 0.0526. The number of esters is 1. The second-order valence-electron chi connectivity index (χ2n) is 7.86. The number of rotatable bonds is 5. The van der Waals surface area contributed by atoms with E-state index in [0.29, 0.717) is 5.56 Å². The van der Waals surface area contributed by atoms with Crippen molar-refractivity contribution in [1.82, 2.24) is 9.55 Å². The second kappa shape index (κ2) is 7.66. The molecule has 0 radical (unpaired) electrons. The Hall–Kier alpha value is -3.22. The van der Waals surface area contributed by atoms with E-state index < -0.39 is 11.5 Å². The molecule has 1 aromatic carbocycles. The molecular weight excluding hydrogens is 372 g/mol. The Morgan fingerprint density at radius 3 is 2.41 bits per heavy atom. The minimum absolute atomic E-state index is 0.0177. The molecule has 3 rings (SSSR count). The van der Waals surface area contributed by atoms with Gasteiger partial charge < -0.3 is 9.15 Å². The Morgan fingerprint density at radius 1 is 1.17 bits per heavy atom. The van der Waals surface area contributed by atoms with Crippen molar-refractivity contribution in [3.8, 4) is 0 Å². The van der Waals surface area contributed by atoms with E-state index in [1.165, 1.54) is 10.9 Å². The summed E-state index contributed by atoms with van der Waals surface area (Å²) < 4.78 is 11.6. The van der Waals surface area contributed by atoms with Gasteiger partial charge >= 0.3 is 5.97 Å². The van der Waals surface area contributed by atoms with Crippen LogP contribution in [0.25, 0.3) is 11.1 Å². The summed E-state index contributed by atoms with van der Waals surface area (Å²) in [5.74, 6) is -0.624. The number of benzene rings is 1. The highest BCUT2D eigenvalue weighted by Gasteiger charge is 2.24. The molecule has 7 nitrogen and oxygen atoms in total. The van der Waals surface area contributed by atoms with Crippen molar-refractivity contribution in [2.24, 2.45) is 0 Å². The summed E-state index contributed by atoms with van der Waals surface area (Å²) in [5, 5.41) is 0.0272. The molecule has 2 heterocycles. The van der Waals surface area contributed by atoms with E-state index in [-0.39, 0.29) is 46.8 Å². The van der Waals surface area contributed by atoms with Crippen molar-refractivity contribution in [2.75, 3.05) is 6.61 Å². The third kappa shape index (κ3) is 3.99. The first kappa shape index (κ1) is 20.5. The number of furan rings is 1. The Bertz CT molecular complexity index is 1130. The SMILES string of the molecule is CCOC(=O)c1c(C)oc2ncn(CC(=O)c3ccc(C(C)(C)C)cc3)c(=O)c12. The molecule has 7 heteroatoms. The maximum Gasteiger partial charge on any atom is 0.342 e. The van der Waals surface area contributed by atoms with Crippen LogP contribution in [0.4, 0.5) is 0 Å². The normalized spacial score (nSPS) is 11.6. The van der Waals surface area contributed by atoms with Crippen LogP contribution in [0.15, 0.2) is 39.8 Å². The van der Waals surface area contributed by atoms with Gasteiger partial charge in [-0.3, -0.25) is 14.2 Å². The minimum Gasteiger partial charge on any atom is -0.462 e. The molecule has 0 aliphatic rings. The number of ether oxygens (including phenoxy) is 1. The average molecular weight is 396 g/mol. The van der Waals surface area contributed by atoms with Gasteiger partial charge in [0.15, 0.2) is 5.78 Å². The number of nitrogens with zero attached hydrogens (tertiary/aromatic N) is 2. The van der Waals surface area contributed by atoms with Crippen LogP contribution in [0.1, 0.15) is 59.7 Å².